The van der Waals surface area contributed by atoms with E-state index in [-0.39, 0.29) is 24.3 Å². The summed E-state index contributed by atoms with van der Waals surface area (Å²) in [5.74, 6) is 0.417. The maximum atomic E-state index is 13.8. The lowest BCUT2D eigenvalue weighted by Gasteiger charge is -2.38. The van der Waals surface area contributed by atoms with Crippen molar-refractivity contribution in [2.75, 3.05) is 44.3 Å². The van der Waals surface area contributed by atoms with Crippen molar-refractivity contribution in [2.45, 2.75) is 18.2 Å². The fourth-order valence-corrected chi connectivity index (χ4v) is 4.62. The molecule has 4 rings (SSSR count). The summed E-state index contributed by atoms with van der Waals surface area (Å²) in [6.07, 6.45) is 2.69. The van der Waals surface area contributed by atoms with Gasteiger partial charge in [-0.05, 0) is 61.7 Å². The Balaban J connectivity index is 0.00000324. The molecule has 2 amide bonds. The summed E-state index contributed by atoms with van der Waals surface area (Å²) in [6, 6.07) is 14.3. The molecule has 2 aliphatic rings. The number of carbonyl (C=O) groups excluding carboxylic acids is 1. The fraction of sp³-hybridized carbons (Fsp3) is 0.333. The summed E-state index contributed by atoms with van der Waals surface area (Å²) in [7, 11) is 0. The van der Waals surface area contributed by atoms with Crippen molar-refractivity contribution in [3.8, 4) is 11.8 Å². The van der Waals surface area contributed by atoms with Crippen LogP contribution in [0.4, 0.5) is 14.9 Å². The number of urea groups is 1. The predicted octanol–water partition coefficient (Wildman–Crippen LogP) is 4.71. The van der Waals surface area contributed by atoms with Crippen LogP contribution in [0.25, 0.3) is 6.08 Å². The van der Waals surface area contributed by atoms with Gasteiger partial charge in [-0.1, -0.05) is 12.1 Å². The van der Waals surface area contributed by atoms with Gasteiger partial charge in [-0.3, -0.25) is 9.73 Å². The summed E-state index contributed by atoms with van der Waals surface area (Å²) >= 11 is 0.988. The highest BCUT2D eigenvalue weighted by Crippen LogP contribution is 2.33. The van der Waals surface area contributed by atoms with Crippen LogP contribution in [-0.4, -0.2) is 55.3 Å². The third-order valence-corrected chi connectivity index (χ3v) is 6.40. The molecule has 0 spiro atoms. The number of ether oxygens (including phenoxy) is 1. The number of carbonyl (C=O) groups is 1. The van der Waals surface area contributed by atoms with Crippen LogP contribution in [-0.2, 0) is 0 Å². The number of rotatable bonds is 5. The van der Waals surface area contributed by atoms with Gasteiger partial charge in [-0.25, -0.2) is 14.2 Å². The average Bonchev–Trinajstić information content (AvgIpc) is 3.09. The van der Waals surface area contributed by atoms with Gasteiger partial charge in [0.2, 0.25) is 0 Å². The van der Waals surface area contributed by atoms with Crippen LogP contribution in [0.3, 0.4) is 0 Å². The summed E-state index contributed by atoms with van der Waals surface area (Å²) in [4.78, 5) is 14.8. The molecule has 7 nitrogen and oxygen atoms in total. The van der Waals surface area contributed by atoms with Gasteiger partial charge in [-0.2, -0.15) is 5.26 Å². The van der Waals surface area contributed by atoms with Gasteiger partial charge in [0.1, 0.15) is 11.6 Å². The first-order valence-corrected chi connectivity index (χ1v) is 11.8. The second-order valence-corrected chi connectivity index (χ2v) is 8.57. The highest BCUT2D eigenvalue weighted by Gasteiger charge is 2.27. The molecular formula is C24H27ClFN5O2S. The third-order valence-electron chi connectivity index (χ3n) is 5.57. The van der Waals surface area contributed by atoms with E-state index in [1.54, 1.807) is 23.1 Å². The number of anilines is 1. The van der Waals surface area contributed by atoms with Crippen molar-refractivity contribution >= 4 is 42.1 Å². The molecular weight excluding hydrogens is 477 g/mol. The van der Waals surface area contributed by atoms with Crippen molar-refractivity contribution in [1.29, 1.82) is 5.26 Å². The van der Waals surface area contributed by atoms with Crippen LogP contribution in [0.1, 0.15) is 18.9 Å². The van der Waals surface area contributed by atoms with Crippen LogP contribution in [0.5, 0.6) is 5.75 Å². The Morgan fingerprint density at radius 3 is 2.79 bits per heavy atom. The van der Waals surface area contributed by atoms with Crippen molar-refractivity contribution < 1.29 is 13.9 Å². The summed E-state index contributed by atoms with van der Waals surface area (Å²) in [6.45, 7) is 5.53. The van der Waals surface area contributed by atoms with Crippen molar-refractivity contribution in [3.05, 3.63) is 59.4 Å². The van der Waals surface area contributed by atoms with Crippen LogP contribution in [0.2, 0.25) is 0 Å². The molecule has 1 saturated heterocycles. The van der Waals surface area contributed by atoms with E-state index in [0.29, 0.717) is 43.3 Å². The van der Waals surface area contributed by atoms with Gasteiger partial charge >= 0.3 is 6.03 Å². The van der Waals surface area contributed by atoms with E-state index in [1.807, 2.05) is 31.2 Å². The molecule has 2 aliphatic heterocycles. The highest BCUT2D eigenvalue weighted by atomic mass is 35.5. The zero-order valence-corrected chi connectivity index (χ0v) is 20.5. The molecule has 0 unspecified atom stereocenters. The topological polar surface area (TPSA) is 71.8 Å². The number of hydrazine groups is 1. The molecule has 2 heterocycles. The normalized spacial score (nSPS) is 15.9. The number of amides is 2. The zero-order valence-electron chi connectivity index (χ0n) is 18.9. The summed E-state index contributed by atoms with van der Waals surface area (Å²) in [5.41, 5.74) is 2.64. The summed E-state index contributed by atoms with van der Waals surface area (Å²) in [5, 5.41) is 13.9. The Morgan fingerprint density at radius 2 is 2.03 bits per heavy atom. The number of nitrogens with one attached hydrogen (secondary N) is 1. The highest BCUT2D eigenvalue weighted by molar-refractivity contribution is 7.98. The van der Waals surface area contributed by atoms with Gasteiger partial charge in [0, 0.05) is 31.7 Å². The number of fused-ring (bicyclic) bond motifs is 1. The van der Waals surface area contributed by atoms with E-state index >= 15 is 0 Å². The Labute approximate surface area is 209 Å². The van der Waals surface area contributed by atoms with Gasteiger partial charge < -0.3 is 9.64 Å². The predicted molar refractivity (Wildman–Crippen MR) is 134 cm³/mol. The van der Waals surface area contributed by atoms with Crippen LogP contribution >= 0.6 is 24.4 Å². The molecule has 180 valence electrons. The Kier molecular flexibility index (Phi) is 9.05. The van der Waals surface area contributed by atoms with Gasteiger partial charge in [0.25, 0.3) is 0 Å². The maximum absolute atomic E-state index is 13.8. The molecule has 2 aromatic carbocycles. The SMILES string of the molecule is CCOc1ccc2c(c1)C=C(C#N)CN2N1CCCN(C(=O)NSc2ccccc2F)CC1.Cl. The van der Waals surface area contributed by atoms with Gasteiger partial charge in [-0.15, -0.1) is 12.4 Å². The molecule has 10 heteroatoms. The number of nitriles is 1. The second kappa shape index (κ2) is 12.0. The number of hydrogen-bond acceptors (Lipinski definition) is 6. The molecule has 0 saturated carbocycles. The Morgan fingerprint density at radius 1 is 1.21 bits per heavy atom. The maximum Gasteiger partial charge on any atom is 0.327 e. The minimum Gasteiger partial charge on any atom is -0.494 e. The molecule has 0 aliphatic carbocycles. The van der Waals surface area contributed by atoms with Crippen molar-refractivity contribution in [2.24, 2.45) is 0 Å². The first-order chi connectivity index (χ1) is 16.1. The van der Waals surface area contributed by atoms with E-state index in [9.17, 15) is 14.4 Å². The lowest BCUT2D eigenvalue weighted by atomic mass is 10.0. The van der Waals surface area contributed by atoms with Gasteiger partial charge in [0.15, 0.2) is 0 Å². The number of benzene rings is 2. The summed E-state index contributed by atoms with van der Waals surface area (Å²) < 4.78 is 22.2. The molecule has 0 atom stereocenters. The Hall–Kier alpha value is -2.93. The quantitative estimate of drug-likeness (QED) is 0.596. The fourth-order valence-electron chi connectivity index (χ4n) is 3.98. The monoisotopic (exact) mass is 503 g/mol. The molecule has 34 heavy (non-hydrogen) atoms. The minimum absolute atomic E-state index is 0. The van der Waals surface area contributed by atoms with Crippen LogP contribution in [0, 0.1) is 17.1 Å². The van der Waals surface area contributed by atoms with Crippen LogP contribution in [0.15, 0.2) is 52.9 Å². The molecule has 1 N–H and O–H groups in total. The molecule has 1 fully saturated rings. The number of halogens is 2. The third kappa shape index (κ3) is 5.95. The second-order valence-electron chi connectivity index (χ2n) is 7.73. The van der Waals surface area contributed by atoms with E-state index < -0.39 is 0 Å². The van der Waals surface area contributed by atoms with E-state index in [2.05, 4.69) is 20.8 Å². The minimum atomic E-state index is -0.359. The molecule has 0 aromatic heterocycles. The standard InChI is InChI=1S/C24H26FN5O2S.ClH/c1-2-32-20-8-9-22-19(15-20)14-18(16-26)17-30(22)29-11-5-10-28(12-13-29)24(31)27-33-23-7-4-3-6-21(23)25;/h3-4,6-9,14-15H,2,5,10-13,17H2,1H3,(H,27,31);1H. The Bertz CT molecular complexity index is 1090. The molecule has 0 bridgehead atoms. The first-order valence-electron chi connectivity index (χ1n) is 10.9. The number of nitrogens with zero attached hydrogens (tertiary/aromatic N) is 4. The van der Waals surface area contributed by atoms with Crippen molar-refractivity contribution in [3.63, 3.8) is 0 Å². The van der Waals surface area contributed by atoms with Crippen LogP contribution < -0.4 is 14.5 Å². The average molecular weight is 504 g/mol. The lowest BCUT2D eigenvalue weighted by molar-refractivity contribution is 0.203. The number of hydrogen-bond donors (Lipinski definition) is 1. The van der Waals surface area contributed by atoms with Crippen molar-refractivity contribution in [1.82, 2.24) is 14.6 Å². The van der Waals surface area contributed by atoms with E-state index in [0.717, 1.165) is 41.9 Å². The largest absolute Gasteiger partial charge is 0.494 e. The lowest BCUT2D eigenvalue weighted by Crippen LogP contribution is -2.47. The zero-order chi connectivity index (χ0) is 23.2. The van der Waals surface area contributed by atoms with Gasteiger partial charge in [0.05, 0.1) is 35.4 Å². The smallest absolute Gasteiger partial charge is 0.327 e. The molecule has 0 radical (unpaired) electrons. The van der Waals surface area contributed by atoms with E-state index in [4.69, 9.17) is 4.74 Å². The first kappa shape index (κ1) is 25.7. The van der Waals surface area contributed by atoms with E-state index in [1.165, 1.54) is 6.07 Å². The molecule has 2 aromatic rings.